The van der Waals surface area contributed by atoms with Gasteiger partial charge in [-0.15, -0.1) is 13.2 Å². The summed E-state index contributed by atoms with van der Waals surface area (Å²) < 4.78 is 46.9. The average molecular weight is 643 g/mol. The van der Waals surface area contributed by atoms with Gasteiger partial charge in [0.15, 0.2) is 35.6 Å². The molecule has 4 rings (SSSR count). The van der Waals surface area contributed by atoms with Crippen LogP contribution < -0.4 is 0 Å². The highest BCUT2D eigenvalue weighted by Crippen LogP contribution is 2.42. The van der Waals surface area contributed by atoms with Crippen LogP contribution in [0.3, 0.4) is 0 Å². The van der Waals surface area contributed by atoms with Crippen LogP contribution in [0.25, 0.3) is 0 Å². The van der Waals surface area contributed by atoms with Crippen molar-refractivity contribution in [1.82, 2.24) is 0 Å². The molecule has 2 saturated heterocycles. The number of methoxy groups -OCH3 is 1. The predicted octanol–water partition coefficient (Wildman–Crippen LogP) is 3.90. The smallest absolute Gasteiger partial charge is 0.324 e. The first-order chi connectivity index (χ1) is 22.2. The lowest BCUT2D eigenvalue weighted by Gasteiger charge is -2.48. The number of carbonyl (C=O) groups excluding carboxylic acids is 4. The molecule has 8 atom stereocenters. The van der Waals surface area contributed by atoms with Gasteiger partial charge in [0.05, 0.1) is 19.8 Å². The van der Waals surface area contributed by atoms with Crippen LogP contribution in [-0.2, 0) is 57.1 Å². The SMILES string of the molecule is C=CC[C@@]1(C(=O)OCC)CC=CC[C@@](CC=C)(C(=O)OCC)C(=O)O[C@H]2[C@@H](OC)O[C@@H]3COC(c4ccccc4)O[C@H]3[C@@H]2OC1=O. The zero-order valence-electron chi connectivity index (χ0n) is 26.4. The number of fused-ring (bicyclic) bond motifs is 3. The molecule has 1 aromatic rings. The number of hydrogen-bond acceptors (Lipinski definition) is 12. The van der Waals surface area contributed by atoms with E-state index in [4.69, 9.17) is 37.9 Å². The third-order valence-electron chi connectivity index (χ3n) is 8.27. The molecule has 0 aliphatic carbocycles. The highest BCUT2D eigenvalue weighted by molar-refractivity contribution is 6.01. The van der Waals surface area contributed by atoms with E-state index < -0.39 is 71.7 Å². The van der Waals surface area contributed by atoms with E-state index in [0.29, 0.717) is 5.56 Å². The van der Waals surface area contributed by atoms with Gasteiger partial charge in [-0.3, -0.25) is 19.2 Å². The third-order valence-corrected chi connectivity index (χ3v) is 8.27. The standard InChI is InChI=1S/C34H42O12/c1-6-17-33(29(35)40-8-3)19-13-14-20-34(18-7-2,30(36)41-9-4)32(38)46-26-25(45-31(33)37)24-23(43-28(26)39-5)21-42-27(44-24)22-15-11-10-12-16-22/h6-7,10-16,23-28H,1-2,8-9,17-21H2,3-5H3/t23-,24-,25+,26-,27?,28+,33+,34+/m1/s1. The van der Waals surface area contributed by atoms with Gasteiger partial charge in [0.2, 0.25) is 0 Å². The van der Waals surface area contributed by atoms with Crippen LogP contribution >= 0.6 is 0 Å². The molecule has 0 saturated carbocycles. The van der Waals surface area contributed by atoms with Crippen molar-refractivity contribution in [3.05, 3.63) is 73.4 Å². The molecule has 1 unspecified atom stereocenters. The van der Waals surface area contributed by atoms with Crippen molar-refractivity contribution in [2.75, 3.05) is 26.9 Å². The van der Waals surface area contributed by atoms with Crippen molar-refractivity contribution in [1.29, 1.82) is 0 Å². The van der Waals surface area contributed by atoms with Crippen LogP contribution in [0.15, 0.2) is 67.8 Å². The number of rotatable bonds is 10. The van der Waals surface area contributed by atoms with Crippen LogP contribution in [0.2, 0.25) is 0 Å². The summed E-state index contributed by atoms with van der Waals surface area (Å²) in [4.78, 5) is 55.4. The minimum absolute atomic E-state index is 0.00592. The summed E-state index contributed by atoms with van der Waals surface area (Å²) in [5.41, 5.74) is -3.02. The Morgan fingerprint density at radius 2 is 1.39 bits per heavy atom. The van der Waals surface area contributed by atoms with Gasteiger partial charge in [-0.1, -0.05) is 54.6 Å². The van der Waals surface area contributed by atoms with Crippen molar-refractivity contribution < 1.29 is 57.1 Å². The largest absolute Gasteiger partial charge is 0.465 e. The highest BCUT2D eigenvalue weighted by Gasteiger charge is 2.59. The molecule has 12 nitrogen and oxygen atoms in total. The summed E-state index contributed by atoms with van der Waals surface area (Å²) in [5.74, 6) is -3.54. The maximum absolute atomic E-state index is 14.2. The molecule has 250 valence electrons. The second-order valence-electron chi connectivity index (χ2n) is 11.2. The van der Waals surface area contributed by atoms with E-state index in [1.54, 1.807) is 13.8 Å². The van der Waals surface area contributed by atoms with Gasteiger partial charge in [0.1, 0.15) is 12.2 Å². The summed E-state index contributed by atoms with van der Waals surface area (Å²) in [7, 11) is 1.33. The van der Waals surface area contributed by atoms with Crippen molar-refractivity contribution >= 4 is 23.9 Å². The Hall–Kier alpha value is -3.84. The van der Waals surface area contributed by atoms with E-state index in [2.05, 4.69) is 13.2 Å². The van der Waals surface area contributed by atoms with E-state index in [9.17, 15) is 19.2 Å². The quantitative estimate of drug-likeness (QED) is 0.158. The Labute approximate surface area is 268 Å². The van der Waals surface area contributed by atoms with Gasteiger partial charge in [-0.05, 0) is 39.5 Å². The van der Waals surface area contributed by atoms with E-state index in [-0.39, 0.29) is 45.5 Å². The first-order valence-electron chi connectivity index (χ1n) is 15.3. The first kappa shape index (κ1) is 35.0. The van der Waals surface area contributed by atoms with Gasteiger partial charge < -0.3 is 37.9 Å². The first-order valence-corrected chi connectivity index (χ1v) is 15.3. The second-order valence-corrected chi connectivity index (χ2v) is 11.2. The van der Waals surface area contributed by atoms with Gasteiger partial charge in [-0.25, -0.2) is 0 Å². The molecule has 0 aromatic heterocycles. The van der Waals surface area contributed by atoms with Crippen LogP contribution in [0.4, 0.5) is 0 Å². The maximum Gasteiger partial charge on any atom is 0.324 e. The van der Waals surface area contributed by atoms with Crippen molar-refractivity contribution in [2.24, 2.45) is 10.8 Å². The Morgan fingerprint density at radius 3 is 1.89 bits per heavy atom. The minimum atomic E-state index is -1.86. The molecular formula is C34H42O12. The molecule has 46 heavy (non-hydrogen) atoms. The summed E-state index contributed by atoms with van der Waals surface area (Å²) in [6.45, 7) is 10.8. The van der Waals surface area contributed by atoms with E-state index >= 15 is 0 Å². The van der Waals surface area contributed by atoms with Crippen molar-refractivity contribution in [2.45, 2.75) is 76.5 Å². The summed E-state index contributed by atoms with van der Waals surface area (Å²) in [6, 6.07) is 9.09. The molecule has 0 radical (unpaired) electrons. The van der Waals surface area contributed by atoms with Gasteiger partial charge in [0, 0.05) is 12.7 Å². The molecule has 2 fully saturated rings. The molecule has 0 spiro atoms. The molecule has 1 aromatic carbocycles. The molecule has 3 aliphatic rings. The lowest BCUT2D eigenvalue weighted by Crippen LogP contribution is -2.65. The lowest BCUT2D eigenvalue weighted by atomic mass is 9.78. The number of carbonyl (C=O) groups is 4. The van der Waals surface area contributed by atoms with Gasteiger partial charge in [0.25, 0.3) is 0 Å². The highest BCUT2D eigenvalue weighted by atomic mass is 16.8. The second kappa shape index (κ2) is 15.6. The lowest BCUT2D eigenvalue weighted by molar-refractivity contribution is -0.360. The summed E-state index contributed by atoms with van der Waals surface area (Å²) >= 11 is 0. The Kier molecular flexibility index (Phi) is 11.9. The van der Waals surface area contributed by atoms with Crippen LogP contribution in [0.1, 0.15) is 51.4 Å². The van der Waals surface area contributed by atoms with Gasteiger partial charge in [-0.2, -0.15) is 0 Å². The number of ether oxygens (including phenoxy) is 8. The van der Waals surface area contributed by atoms with Crippen molar-refractivity contribution in [3.8, 4) is 0 Å². The fourth-order valence-electron chi connectivity index (χ4n) is 5.85. The van der Waals surface area contributed by atoms with Gasteiger partial charge >= 0.3 is 23.9 Å². The fraction of sp³-hybridized carbons (Fsp3) is 0.529. The predicted molar refractivity (Wildman–Crippen MR) is 162 cm³/mol. The fourth-order valence-corrected chi connectivity index (χ4v) is 5.85. The molecule has 12 heteroatoms. The molecule has 0 bridgehead atoms. The van der Waals surface area contributed by atoms with E-state index in [1.165, 1.54) is 31.4 Å². The van der Waals surface area contributed by atoms with Crippen LogP contribution in [0, 0.1) is 10.8 Å². The third kappa shape index (κ3) is 6.95. The molecule has 0 N–H and O–H groups in total. The van der Waals surface area contributed by atoms with E-state index in [0.717, 1.165) is 0 Å². The minimum Gasteiger partial charge on any atom is -0.465 e. The average Bonchev–Trinajstić information content (AvgIpc) is 3.06. The number of allylic oxidation sites excluding steroid dienone is 4. The van der Waals surface area contributed by atoms with Crippen LogP contribution in [-0.4, -0.2) is 81.5 Å². The maximum atomic E-state index is 14.2. The van der Waals surface area contributed by atoms with Crippen molar-refractivity contribution in [3.63, 3.8) is 0 Å². The monoisotopic (exact) mass is 642 g/mol. The number of benzene rings is 1. The Balaban J connectivity index is 1.87. The number of esters is 4. The molecule has 3 heterocycles. The Bertz CT molecular complexity index is 1290. The topological polar surface area (TPSA) is 142 Å². The zero-order chi connectivity index (χ0) is 33.3. The summed E-state index contributed by atoms with van der Waals surface area (Å²) in [5, 5.41) is 0. The normalized spacial score (nSPS) is 33.0. The zero-order valence-corrected chi connectivity index (χ0v) is 26.4. The molecule has 3 aliphatic heterocycles. The Morgan fingerprint density at radius 1 is 0.848 bits per heavy atom. The number of hydrogen-bond donors (Lipinski definition) is 0. The summed E-state index contributed by atoms with van der Waals surface area (Å²) in [6.07, 6.45) is -1.56. The van der Waals surface area contributed by atoms with Crippen LogP contribution in [0.5, 0.6) is 0 Å². The molecule has 0 amide bonds. The molecular weight excluding hydrogens is 600 g/mol. The van der Waals surface area contributed by atoms with E-state index in [1.807, 2.05) is 30.3 Å².